The fourth-order valence-electron chi connectivity index (χ4n) is 1.77. The zero-order valence-corrected chi connectivity index (χ0v) is 11.5. The van der Waals surface area contributed by atoms with E-state index >= 15 is 0 Å². The summed E-state index contributed by atoms with van der Waals surface area (Å²) in [7, 11) is 1.47. The smallest absolute Gasteiger partial charge is 0.261 e. The van der Waals surface area contributed by atoms with Gasteiger partial charge in [-0.3, -0.25) is 4.79 Å². The number of carbonyl (C=O) groups is 1. The van der Waals surface area contributed by atoms with Crippen molar-refractivity contribution in [3.05, 3.63) is 29.8 Å². The van der Waals surface area contributed by atoms with Gasteiger partial charge in [0.05, 0.1) is 4.90 Å². The van der Waals surface area contributed by atoms with Crippen molar-refractivity contribution in [2.45, 2.75) is 30.7 Å². The molecule has 18 heavy (non-hydrogen) atoms. The Hall–Kier alpha value is -1.07. The Bertz CT molecular complexity index is 549. The third-order valence-electron chi connectivity index (χ3n) is 3.09. The van der Waals surface area contributed by atoms with E-state index in [0.29, 0.717) is 11.5 Å². The van der Waals surface area contributed by atoms with Gasteiger partial charge in [0.1, 0.15) is 0 Å². The van der Waals surface area contributed by atoms with E-state index in [2.05, 4.69) is 5.32 Å². The number of hydrogen-bond acceptors (Lipinski definition) is 3. The summed E-state index contributed by atoms with van der Waals surface area (Å²) in [4.78, 5) is 11.9. The fourth-order valence-corrected chi connectivity index (χ4v) is 2.54. The van der Waals surface area contributed by atoms with E-state index in [1.807, 2.05) is 6.92 Å². The van der Waals surface area contributed by atoms with Crippen molar-refractivity contribution >= 4 is 25.6 Å². The van der Waals surface area contributed by atoms with E-state index in [1.165, 1.54) is 24.3 Å². The molecule has 98 valence electrons. The SMILES string of the molecule is CC(NC(=O)c1ccc(S(=O)(=O)Cl)cc1)C1CC1. The van der Waals surface area contributed by atoms with Crippen molar-refractivity contribution in [3.8, 4) is 0 Å². The number of rotatable bonds is 4. The summed E-state index contributed by atoms with van der Waals surface area (Å²) >= 11 is 0. The molecule has 0 aliphatic heterocycles. The largest absolute Gasteiger partial charge is 0.349 e. The fraction of sp³-hybridized carbons (Fsp3) is 0.417. The Morgan fingerprint density at radius 1 is 1.33 bits per heavy atom. The van der Waals surface area contributed by atoms with E-state index in [0.717, 1.165) is 12.8 Å². The van der Waals surface area contributed by atoms with Crippen LogP contribution < -0.4 is 5.32 Å². The van der Waals surface area contributed by atoms with Crippen LogP contribution in [0.3, 0.4) is 0 Å². The maximum Gasteiger partial charge on any atom is 0.261 e. The van der Waals surface area contributed by atoms with Gasteiger partial charge in [0, 0.05) is 22.3 Å². The minimum atomic E-state index is -3.73. The first-order valence-electron chi connectivity index (χ1n) is 5.73. The summed E-state index contributed by atoms with van der Waals surface area (Å²) in [6.45, 7) is 1.98. The van der Waals surface area contributed by atoms with Gasteiger partial charge in [0.15, 0.2) is 0 Å². The Kier molecular flexibility index (Phi) is 3.64. The van der Waals surface area contributed by atoms with E-state index in [9.17, 15) is 13.2 Å². The number of hydrogen-bond donors (Lipinski definition) is 1. The second-order valence-corrected chi connectivity index (χ2v) is 7.13. The zero-order valence-electron chi connectivity index (χ0n) is 9.89. The van der Waals surface area contributed by atoms with Gasteiger partial charge in [-0.05, 0) is 49.9 Å². The van der Waals surface area contributed by atoms with Crippen LogP contribution in [0.4, 0.5) is 0 Å². The Balaban J connectivity index is 2.07. The molecule has 1 N–H and O–H groups in total. The summed E-state index contributed by atoms with van der Waals surface area (Å²) in [5.41, 5.74) is 0.437. The van der Waals surface area contributed by atoms with E-state index < -0.39 is 9.05 Å². The molecule has 0 saturated heterocycles. The standard InChI is InChI=1S/C12H14ClNO3S/c1-8(9-2-3-9)14-12(15)10-4-6-11(7-5-10)18(13,16)17/h4-9H,2-3H2,1H3,(H,14,15). The van der Waals surface area contributed by atoms with Crippen molar-refractivity contribution in [2.24, 2.45) is 5.92 Å². The van der Waals surface area contributed by atoms with Gasteiger partial charge in [-0.2, -0.15) is 0 Å². The van der Waals surface area contributed by atoms with Crippen molar-refractivity contribution in [2.75, 3.05) is 0 Å². The van der Waals surface area contributed by atoms with E-state index in [1.54, 1.807) is 0 Å². The highest BCUT2D eigenvalue weighted by Crippen LogP contribution is 2.32. The number of carbonyl (C=O) groups excluding carboxylic acids is 1. The van der Waals surface area contributed by atoms with Gasteiger partial charge in [0.2, 0.25) is 0 Å². The van der Waals surface area contributed by atoms with Gasteiger partial charge < -0.3 is 5.32 Å². The maximum atomic E-state index is 11.9. The molecule has 1 aliphatic rings. The highest BCUT2D eigenvalue weighted by atomic mass is 35.7. The van der Waals surface area contributed by atoms with Gasteiger partial charge >= 0.3 is 0 Å². The average molecular weight is 288 g/mol. The van der Waals surface area contributed by atoms with Crippen LogP contribution in [0.25, 0.3) is 0 Å². The number of benzene rings is 1. The molecule has 1 fully saturated rings. The summed E-state index contributed by atoms with van der Waals surface area (Å²) in [5.74, 6) is 0.393. The summed E-state index contributed by atoms with van der Waals surface area (Å²) in [5, 5.41) is 2.89. The normalized spacial score (nSPS) is 17.2. The highest BCUT2D eigenvalue weighted by Gasteiger charge is 2.29. The van der Waals surface area contributed by atoms with Crippen molar-refractivity contribution in [1.29, 1.82) is 0 Å². The Morgan fingerprint density at radius 2 is 1.89 bits per heavy atom. The monoisotopic (exact) mass is 287 g/mol. The molecular weight excluding hydrogens is 274 g/mol. The summed E-state index contributed by atoms with van der Waals surface area (Å²) in [6, 6.07) is 5.75. The topological polar surface area (TPSA) is 63.2 Å². The third kappa shape index (κ3) is 3.23. The molecule has 0 spiro atoms. The lowest BCUT2D eigenvalue weighted by Gasteiger charge is -2.12. The predicted octanol–water partition coefficient (Wildman–Crippen LogP) is 2.14. The summed E-state index contributed by atoms with van der Waals surface area (Å²) < 4.78 is 22.1. The van der Waals surface area contributed by atoms with Crippen LogP contribution >= 0.6 is 10.7 Å². The van der Waals surface area contributed by atoms with Crippen LogP contribution in [0, 0.1) is 5.92 Å². The minimum Gasteiger partial charge on any atom is -0.349 e. The van der Waals surface area contributed by atoms with Crippen LogP contribution in [-0.4, -0.2) is 20.4 Å². The second kappa shape index (κ2) is 4.90. The lowest BCUT2D eigenvalue weighted by molar-refractivity contribution is 0.0935. The second-order valence-electron chi connectivity index (χ2n) is 4.56. The Labute approximate surface area is 111 Å². The predicted molar refractivity (Wildman–Crippen MR) is 69.1 cm³/mol. The molecule has 0 radical (unpaired) electrons. The molecule has 1 aliphatic carbocycles. The van der Waals surface area contributed by atoms with Gasteiger partial charge in [0.25, 0.3) is 15.0 Å². The minimum absolute atomic E-state index is 0.00374. The molecule has 0 bridgehead atoms. The first-order valence-corrected chi connectivity index (χ1v) is 8.04. The first kappa shape index (κ1) is 13.4. The molecule has 6 heteroatoms. The quantitative estimate of drug-likeness (QED) is 0.863. The van der Waals surface area contributed by atoms with Crippen LogP contribution in [-0.2, 0) is 9.05 Å². The molecular formula is C12H14ClNO3S. The van der Waals surface area contributed by atoms with Gasteiger partial charge in [-0.25, -0.2) is 8.42 Å². The molecule has 0 heterocycles. The van der Waals surface area contributed by atoms with E-state index in [4.69, 9.17) is 10.7 Å². The van der Waals surface area contributed by atoms with Crippen molar-refractivity contribution in [3.63, 3.8) is 0 Å². The molecule has 1 saturated carbocycles. The molecule has 1 aromatic carbocycles. The molecule has 1 amide bonds. The van der Waals surface area contributed by atoms with Crippen LogP contribution in [0.2, 0.25) is 0 Å². The first-order chi connectivity index (χ1) is 8.38. The van der Waals surface area contributed by atoms with Crippen LogP contribution in [0.5, 0.6) is 0 Å². The lowest BCUT2D eigenvalue weighted by atomic mass is 10.1. The number of amides is 1. The molecule has 2 rings (SSSR count). The van der Waals surface area contributed by atoms with E-state index in [-0.39, 0.29) is 16.8 Å². The van der Waals surface area contributed by atoms with Crippen molar-refractivity contribution in [1.82, 2.24) is 5.32 Å². The lowest BCUT2D eigenvalue weighted by Crippen LogP contribution is -2.33. The number of nitrogens with one attached hydrogen (secondary N) is 1. The van der Waals surface area contributed by atoms with Gasteiger partial charge in [-0.15, -0.1) is 0 Å². The molecule has 1 atom stereocenters. The van der Waals surface area contributed by atoms with Gasteiger partial charge in [-0.1, -0.05) is 0 Å². The summed E-state index contributed by atoms with van der Waals surface area (Å²) in [6.07, 6.45) is 2.32. The average Bonchev–Trinajstić information content (AvgIpc) is 3.11. The Morgan fingerprint density at radius 3 is 2.33 bits per heavy atom. The zero-order chi connectivity index (χ0) is 13.3. The van der Waals surface area contributed by atoms with Crippen LogP contribution in [0.1, 0.15) is 30.1 Å². The maximum absolute atomic E-state index is 11.9. The molecule has 4 nitrogen and oxygen atoms in total. The molecule has 0 aromatic heterocycles. The van der Waals surface area contributed by atoms with Crippen molar-refractivity contribution < 1.29 is 13.2 Å². The highest BCUT2D eigenvalue weighted by molar-refractivity contribution is 8.13. The third-order valence-corrected chi connectivity index (χ3v) is 4.46. The molecule has 1 aromatic rings. The number of halogens is 1. The van der Waals surface area contributed by atoms with Crippen LogP contribution in [0.15, 0.2) is 29.2 Å². The molecule has 1 unspecified atom stereocenters.